The van der Waals surface area contributed by atoms with Crippen LogP contribution in [0.4, 0.5) is 0 Å². The second kappa shape index (κ2) is 7.30. The van der Waals surface area contributed by atoms with Gasteiger partial charge >= 0.3 is 0 Å². The summed E-state index contributed by atoms with van der Waals surface area (Å²) in [5.74, 6) is 0. The maximum atomic E-state index is 4.33. The van der Waals surface area contributed by atoms with E-state index in [9.17, 15) is 0 Å². The molecule has 0 aliphatic carbocycles. The predicted octanol–water partition coefficient (Wildman–Crippen LogP) is 2.33. The van der Waals surface area contributed by atoms with Gasteiger partial charge in [-0.2, -0.15) is 0 Å². The van der Waals surface area contributed by atoms with Gasteiger partial charge in [0.15, 0.2) is 0 Å². The maximum Gasteiger partial charge on any atom is 0.108 e. The summed E-state index contributed by atoms with van der Waals surface area (Å²) in [6, 6.07) is 0. The van der Waals surface area contributed by atoms with Crippen LogP contribution in [0.1, 0.15) is 32.6 Å². The second-order valence-electron chi connectivity index (χ2n) is 3.35. The van der Waals surface area contributed by atoms with Crippen molar-refractivity contribution in [1.82, 2.24) is 9.55 Å². The molecule has 1 rings (SSSR count). The molecule has 1 aromatic heterocycles. The van der Waals surface area contributed by atoms with Gasteiger partial charge < -0.3 is 4.57 Å². The summed E-state index contributed by atoms with van der Waals surface area (Å²) >= 11 is 0. The Balaban J connectivity index is 1.99. The highest BCUT2D eigenvalue weighted by Crippen LogP contribution is 1.98. The highest BCUT2D eigenvalue weighted by Gasteiger charge is 1.86. The molecule has 1 heterocycles. The lowest BCUT2D eigenvalue weighted by Gasteiger charge is -1.95. The smallest absolute Gasteiger partial charge is 0.108 e. The Bertz CT molecular complexity index is 239. The first kappa shape index (κ1) is 11.0. The number of rotatable bonds is 7. The van der Waals surface area contributed by atoms with Gasteiger partial charge in [-0.15, -0.1) is 0 Å². The summed E-state index contributed by atoms with van der Waals surface area (Å²) in [5.41, 5.74) is 0. The molecule has 0 saturated carbocycles. The molecule has 3 nitrogen and oxygen atoms in total. The van der Waals surface area contributed by atoms with Crippen LogP contribution in [0, 0.1) is 6.20 Å². The molecule has 0 bridgehead atoms. The van der Waals surface area contributed by atoms with Crippen molar-refractivity contribution in [2.75, 3.05) is 6.54 Å². The van der Waals surface area contributed by atoms with Crippen LogP contribution < -0.4 is 0 Å². The number of imidazole rings is 1. The molecule has 14 heavy (non-hydrogen) atoms. The lowest BCUT2D eigenvalue weighted by atomic mass is 10.2. The van der Waals surface area contributed by atoms with Gasteiger partial charge in [0.1, 0.15) is 6.20 Å². The van der Waals surface area contributed by atoms with Crippen LogP contribution in [-0.4, -0.2) is 22.3 Å². The summed E-state index contributed by atoms with van der Waals surface area (Å²) in [4.78, 5) is 8.17. The molecule has 0 fully saturated rings. The summed E-state index contributed by atoms with van der Waals surface area (Å²) in [7, 11) is 0. The van der Waals surface area contributed by atoms with E-state index in [4.69, 9.17) is 0 Å². The average Bonchev–Trinajstić information content (AvgIpc) is 2.69. The third kappa shape index (κ3) is 4.80. The van der Waals surface area contributed by atoms with Gasteiger partial charge in [0, 0.05) is 19.0 Å². The van der Waals surface area contributed by atoms with Gasteiger partial charge in [0.05, 0.1) is 12.9 Å². The number of aliphatic imine (C=N–C) groups is 1. The van der Waals surface area contributed by atoms with E-state index in [1.54, 1.807) is 6.33 Å². The van der Waals surface area contributed by atoms with Crippen molar-refractivity contribution in [3.8, 4) is 0 Å². The van der Waals surface area contributed by atoms with E-state index in [1.165, 1.54) is 25.7 Å². The molecule has 0 amide bonds. The van der Waals surface area contributed by atoms with Gasteiger partial charge in [-0.3, -0.25) is 4.99 Å². The Morgan fingerprint density at radius 3 is 3.07 bits per heavy atom. The third-order valence-corrected chi connectivity index (χ3v) is 2.07. The summed E-state index contributed by atoms with van der Waals surface area (Å²) in [6.07, 6.45) is 13.4. The molecular weight excluding hydrogens is 174 g/mol. The molecule has 1 aromatic rings. The average molecular weight is 192 g/mol. The molecular formula is C11H18N3. The van der Waals surface area contributed by atoms with Crippen molar-refractivity contribution in [2.45, 2.75) is 39.2 Å². The van der Waals surface area contributed by atoms with Crippen molar-refractivity contribution < 1.29 is 0 Å². The van der Waals surface area contributed by atoms with Crippen LogP contribution in [0.5, 0.6) is 0 Å². The minimum Gasteiger partial charge on any atom is -0.331 e. The van der Waals surface area contributed by atoms with Crippen molar-refractivity contribution in [3.05, 3.63) is 18.7 Å². The van der Waals surface area contributed by atoms with E-state index in [0.717, 1.165) is 13.1 Å². The molecule has 0 aromatic carbocycles. The first-order chi connectivity index (χ1) is 6.93. The molecule has 3 heteroatoms. The van der Waals surface area contributed by atoms with E-state index in [1.807, 2.05) is 17.0 Å². The zero-order valence-corrected chi connectivity index (χ0v) is 8.82. The molecule has 0 aliphatic rings. The Labute approximate surface area is 85.9 Å². The fourth-order valence-corrected chi connectivity index (χ4v) is 1.22. The van der Waals surface area contributed by atoms with Crippen molar-refractivity contribution >= 4 is 6.21 Å². The monoisotopic (exact) mass is 192 g/mol. The van der Waals surface area contributed by atoms with Gasteiger partial charge in [0.2, 0.25) is 0 Å². The van der Waals surface area contributed by atoms with Gasteiger partial charge in [-0.05, 0) is 6.42 Å². The van der Waals surface area contributed by atoms with E-state index in [2.05, 4.69) is 23.1 Å². The third-order valence-electron chi connectivity index (χ3n) is 2.07. The topological polar surface area (TPSA) is 30.2 Å². The highest BCUT2D eigenvalue weighted by molar-refractivity contribution is 5.56. The standard InChI is InChI=1S/C11H18N3/c1-2-3-4-5-6-12-7-9-14-10-8-13-11-14/h7,10-11H,2-6,9H2,1H3. The predicted molar refractivity (Wildman–Crippen MR) is 58.6 cm³/mol. The molecule has 0 unspecified atom stereocenters. The van der Waals surface area contributed by atoms with Crippen LogP contribution >= 0.6 is 0 Å². The quantitative estimate of drug-likeness (QED) is 0.481. The first-order valence-electron chi connectivity index (χ1n) is 5.29. The number of nitrogens with zero attached hydrogens (tertiary/aromatic N) is 3. The van der Waals surface area contributed by atoms with Crippen molar-refractivity contribution in [3.63, 3.8) is 0 Å². The van der Waals surface area contributed by atoms with E-state index >= 15 is 0 Å². The number of aromatic nitrogens is 2. The van der Waals surface area contributed by atoms with Crippen molar-refractivity contribution in [1.29, 1.82) is 0 Å². The first-order valence-corrected chi connectivity index (χ1v) is 5.29. The summed E-state index contributed by atoms with van der Waals surface area (Å²) < 4.78 is 1.95. The van der Waals surface area contributed by atoms with Gasteiger partial charge in [-0.25, -0.2) is 4.98 Å². The van der Waals surface area contributed by atoms with E-state index in [0.29, 0.717) is 0 Å². The summed E-state index contributed by atoms with van der Waals surface area (Å²) in [6.45, 7) is 3.99. The van der Waals surface area contributed by atoms with Gasteiger partial charge in [0.25, 0.3) is 0 Å². The molecule has 0 aliphatic heterocycles. The number of unbranched alkanes of at least 4 members (excludes halogenated alkanes) is 3. The fraction of sp³-hybridized carbons (Fsp3) is 0.636. The fourth-order valence-electron chi connectivity index (χ4n) is 1.22. The zero-order chi connectivity index (χ0) is 10.1. The molecule has 0 N–H and O–H groups in total. The van der Waals surface area contributed by atoms with Crippen molar-refractivity contribution in [2.24, 2.45) is 4.99 Å². The van der Waals surface area contributed by atoms with Crippen LogP contribution in [0.2, 0.25) is 0 Å². The zero-order valence-electron chi connectivity index (χ0n) is 8.82. The molecule has 0 spiro atoms. The van der Waals surface area contributed by atoms with Crippen LogP contribution in [0.3, 0.4) is 0 Å². The van der Waals surface area contributed by atoms with Crippen LogP contribution in [-0.2, 0) is 6.54 Å². The Hall–Kier alpha value is -1.12. The Morgan fingerprint density at radius 2 is 2.36 bits per heavy atom. The van der Waals surface area contributed by atoms with E-state index in [-0.39, 0.29) is 0 Å². The Morgan fingerprint density at radius 1 is 1.43 bits per heavy atom. The number of hydrogen-bond acceptors (Lipinski definition) is 2. The molecule has 0 atom stereocenters. The molecule has 1 radical (unpaired) electrons. The summed E-state index contributed by atoms with van der Waals surface area (Å²) in [5, 5.41) is 0. The second-order valence-corrected chi connectivity index (χ2v) is 3.35. The number of hydrogen-bond donors (Lipinski definition) is 0. The Kier molecular flexibility index (Phi) is 5.71. The minimum absolute atomic E-state index is 0.810. The van der Waals surface area contributed by atoms with E-state index < -0.39 is 0 Å². The van der Waals surface area contributed by atoms with Crippen LogP contribution in [0.25, 0.3) is 0 Å². The molecule has 77 valence electrons. The minimum atomic E-state index is 0.810. The normalized spacial score (nSPS) is 11.2. The maximum absolute atomic E-state index is 4.33. The SMILES string of the molecule is CCCCCCN=CCn1c[c]nc1. The molecule has 0 saturated heterocycles. The lowest BCUT2D eigenvalue weighted by Crippen LogP contribution is -1.95. The highest BCUT2D eigenvalue weighted by atomic mass is 15.0. The largest absolute Gasteiger partial charge is 0.331 e. The van der Waals surface area contributed by atoms with Gasteiger partial charge in [-0.1, -0.05) is 26.2 Å². The van der Waals surface area contributed by atoms with Crippen LogP contribution in [0.15, 0.2) is 17.5 Å². The lowest BCUT2D eigenvalue weighted by molar-refractivity contribution is 0.674.